The largest absolute Gasteiger partial charge is 0.377 e. The molecule has 2 atom stereocenters. The maximum absolute atomic E-state index is 12.1. The predicted octanol–water partition coefficient (Wildman–Crippen LogP) is 0.126. The lowest BCUT2D eigenvalue weighted by Gasteiger charge is -2.31. The van der Waals surface area contributed by atoms with Gasteiger partial charge in [0, 0.05) is 30.9 Å². The number of hydrazine groups is 1. The molecular formula is C13H23N3O3S. The smallest absolute Gasteiger partial charge is 0.237 e. The molecule has 0 aliphatic carbocycles. The molecule has 0 aromatic rings. The van der Waals surface area contributed by atoms with Crippen molar-refractivity contribution in [2.24, 2.45) is 11.8 Å². The average Bonchev–Trinajstić information content (AvgIpc) is 2.89. The van der Waals surface area contributed by atoms with Crippen LogP contribution in [0.5, 0.6) is 0 Å². The fraction of sp³-hybridized carbons (Fsp3) is 0.846. The van der Waals surface area contributed by atoms with Crippen molar-refractivity contribution < 1.29 is 14.3 Å². The molecule has 114 valence electrons. The van der Waals surface area contributed by atoms with Crippen molar-refractivity contribution in [1.29, 1.82) is 0 Å². The fourth-order valence-electron chi connectivity index (χ4n) is 2.71. The van der Waals surface area contributed by atoms with E-state index in [9.17, 15) is 9.59 Å². The minimum atomic E-state index is -0.122. The highest BCUT2D eigenvalue weighted by Gasteiger charge is 2.29. The minimum Gasteiger partial charge on any atom is -0.377 e. The highest BCUT2D eigenvalue weighted by Crippen LogP contribution is 2.27. The number of amides is 2. The van der Waals surface area contributed by atoms with Crippen molar-refractivity contribution in [2.45, 2.75) is 37.5 Å². The van der Waals surface area contributed by atoms with Crippen molar-refractivity contribution in [1.82, 2.24) is 10.3 Å². The molecule has 0 radical (unpaired) electrons. The summed E-state index contributed by atoms with van der Waals surface area (Å²) in [7, 11) is 0. The van der Waals surface area contributed by atoms with Gasteiger partial charge in [-0.3, -0.25) is 15.0 Å². The molecule has 2 fully saturated rings. The number of piperidine rings is 1. The first-order valence-electron chi connectivity index (χ1n) is 7.13. The van der Waals surface area contributed by atoms with Crippen molar-refractivity contribution >= 4 is 23.6 Å². The summed E-state index contributed by atoms with van der Waals surface area (Å²) >= 11 is 1.69. The second-order valence-electron chi connectivity index (χ2n) is 5.38. The molecule has 0 spiro atoms. The lowest BCUT2D eigenvalue weighted by molar-refractivity contribution is -0.133. The van der Waals surface area contributed by atoms with Gasteiger partial charge >= 0.3 is 0 Å². The van der Waals surface area contributed by atoms with Crippen LogP contribution in [0, 0.1) is 5.92 Å². The SMILES string of the molecule is CC1OCCC1SCC(=O)N1CCC(C(=O)NN)CC1. The third-order valence-electron chi connectivity index (χ3n) is 4.09. The van der Waals surface area contributed by atoms with E-state index in [4.69, 9.17) is 10.6 Å². The van der Waals surface area contributed by atoms with E-state index in [0.717, 1.165) is 13.0 Å². The molecule has 3 N–H and O–H groups in total. The Hall–Kier alpha value is -0.790. The van der Waals surface area contributed by atoms with Crippen molar-refractivity contribution in [3.63, 3.8) is 0 Å². The Kier molecular flexibility index (Phi) is 5.68. The van der Waals surface area contributed by atoms with Crippen LogP contribution < -0.4 is 11.3 Å². The monoisotopic (exact) mass is 301 g/mol. The Labute approximate surface area is 123 Å². The Balaban J connectivity index is 1.70. The topological polar surface area (TPSA) is 84.7 Å². The number of nitrogens with two attached hydrogens (primary N) is 1. The van der Waals surface area contributed by atoms with Gasteiger partial charge < -0.3 is 9.64 Å². The molecule has 2 rings (SSSR count). The lowest BCUT2D eigenvalue weighted by atomic mass is 9.96. The first-order chi connectivity index (χ1) is 9.61. The van der Waals surface area contributed by atoms with Crippen LogP contribution in [0.25, 0.3) is 0 Å². The molecule has 2 heterocycles. The zero-order valence-electron chi connectivity index (χ0n) is 11.8. The molecule has 0 saturated carbocycles. The summed E-state index contributed by atoms with van der Waals surface area (Å²) in [6.45, 7) is 4.15. The number of carbonyl (C=O) groups excluding carboxylic acids is 2. The van der Waals surface area contributed by atoms with E-state index in [0.29, 0.717) is 36.9 Å². The number of carbonyl (C=O) groups is 2. The van der Waals surface area contributed by atoms with Gasteiger partial charge in [-0.2, -0.15) is 0 Å². The van der Waals surface area contributed by atoms with E-state index in [1.807, 2.05) is 4.90 Å². The van der Waals surface area contributed by atoms with Gasteiger partial charge in [0.15, 0.2) is 0 Å². The molecule has 2 saturated heterocycles. The summed E-state index contributed by atoms with van der Waals surface area (Å²) in [5.74, 6) is 5.63. The summed E-state index contributed by atoms with van der Waals surface area (Å²) in [6.07, 6.45) is 2.66. The first kappa shape index (κ1) is 15.6. The van der Waals surface area contributed by atoms with Gasteiger partial charge in [-0.05, 0) is 26.2 Å². The maximum atomic E-state index is 12.1. The fourth-order valence-corrected chi connectivity index (χ4v) is 3.86. The first-order valence-corrected chi connectivity index (χ1v) is 8.18. The second-order valence-corrected chi connectivity index (χ2v) is 6.61. The van der Waals surface area contributed by atoms with Gasteiger partial charge in [-0.25, -0.2) is 5.84 Å². The van der Waals surface area contributed by atoms with Crippen LogP contribution in [0.15, 0.2) is 0 Å². The molecule has 6 nitrogen and oxygen atoms in total. The molecule has 0 bridgehead atoms. The van der Waals surface area contributed by atoms with Gasteiger partial charge in [-0.15, -0.1) is 11.8 Å². The molecule has 2 amide bonds. The van der Waals surface area contributed by atoms with Crippen LogP contribution in [0.4, 0.5) is 0 Å². The molecule has 0 aromatic carbocycles. The van der Waals surface area contributed by atoms with Crippen molar-refractivity contribution in [2.75, 3.05) is 25.4 Å². The van der Waals surface area contributed by atoms with E-state index >= 15 is 0 Å². The van der Waals surface area contributed by atoms with E-state index in [2.05, 4.69) is 12.3 Å². The van der Waals surface area contributed by atoms with E-state index < -0.39 is 0 Å². The van der Waals surface area contributed by atoms with Crippen LogP contribution in [-0.4, -0.2) is 53.5 Å². The zero-order valence-corrected chi connectivity index (χ0v) is 12.7. The van der Waals surface area contributed by atoms with Crippen molar-refractivity contribution in [3.05, 3.63) is 0 Å². The van der Waals surface area contributed by atoms with E-state index in [1.54, 1.807) is 11.8 Å². The molecule has 7 heteroatoms. The highest BCUT2D eigenvalue weighted by molar-refractivity contribution is 8.00. The van der Waals surface area contributed by atoms with Crippen LogP contribution in [0.2, 0.25) is 0 Å². The van der Waals surface area contributed by atoms with Gasteiger partial charge in [0.1, 0.15) is 0 Å². The van der Waals surface area contributed by atoms with Crippen molar-refractivity contribution in [3.8, 4) is 0 Å². The minimum absolute atomic E-state index is 0.0556. The number of thioether (sulfide) groups is 1. The van der Waals surface area contributed by atoms with E-state index in [1.165, 1.54) is 0 Å². The summed E-state index contributed by atoms with van der Waals surface area (Å²) in [5.41, 5.74) is 2.19. The quantitative estimate of drug-likeness (QED) is 0.438. The molecule has 2 unspecified atom stereocenters. The van der Waals surface area contributed by atoms with Crippen LogP contribution in [0.1, 0.15) is 26.2 Å². The predicted molar refractivity (Wildman–Crippen MR) is 77.9 cm³/mol. The normalized spacial score (nSPS) is 27.6. The molecule has 0 aromatic heterocycles. The lowest BCUT2D eigenvalue weighted by Crippen LogP contribution is -2.45. The average molecular weight is 301 g/mol. The summed E-state index contributed by atoms with van der Waals surface area (Å²) < 4.78 is 5.49. The molecule has 20 heavy (non-hydrogen) atoms. The van der Waals surface area contributed by atoms with E-state index in [-0.39, 0.29) is 23.8 Å². The summed E-state index contributed by atoms with van der Waals surface area (Å²) in [4.78, 5) is 25.4. The Bertz CT molecular complexity index is 359. The molecule has 2 aliphatic rings. The maximum Gasteiger partial charge on any atom is 0.237 e. The number of rotatable bonds is 4. The second kappa shape index (κ2) is 7.28. The standard InChI is InChI=1S/C13H23N3O3S/c1-9-11(4-7-19-9)20-8-12(17)16-5-2-10(3-6-16)13(18)15-14/h9-11H,2-8,14H2,1H3,(H,15,18). The number of likely N-dealkylation sites (tertiary alicyclic amines) is 1. The Morgan fingerprint density at radius 1 is 1.35 bits per heavy atom. The number of nitrogens with zero attached hydrogens (tertiary/aromatic N) is 1. The number of hydrogen-bond acceptors (Lipinski definition) is 5. The summed E-state index contributed by atoms with van der Waals surface area (Å²) in [5, 5.41) is 0.430. The molecular weight excluding hydrogens is 278 g/mol. The third kappa shape index (κ3) is 3.86. The van der Waals surface area contributed by atoms with Gasteiger partial charge in [-0.1, -0.05) is 0 Å². The zero-order chi connectivity index (χ0) is 14.5. The Morgan fingerprint density at radius 3 is 2.60 bits per heavy atom. The number of nitrogens with one attached hydrogen (secondary N) is 1. The van der Waals surface area contributed by atoms with Gasteiger partial charge in [0.05, 0.1) is 11.9 Å². The Morgan fingerprint density at radius 2 is 2.05 bits per heavy atom. The highest BCUT2D eigenvalue weighted by atomic mass is 32.2. The van der Waals surface area contributed by atoms with Crippen LogP contribution in [0.3, 0.4) is 0 Å². The van der Waals surface area contributed by atoms with Crippen LogP contribution in [-0.2, 0) is 14.3 Å². The van der Waals surface area contributed by atoms with Gasteiger partial charge in [0.2, 0.25) is 11.8 Å². The van der Waals surface area contributed by atoms with Gasteiger partial charge in [0.25, 0.3) is 0 Å². The summed E-state index contributed by atoms with van der Waals surface area (Å²) in [6, 6.07) is 0. The number of hydrogen-bond donors (Lipinski definition) is 2. The number of ether oxygens (including phenoxy) is 1. The van der Waals surface area contributed by atoms with Crippen LogP contribution >= 0.6 is 11.8 Å². The molecule has 2 aliphatic heterocycles. The third-order valence-corrected chi connectivity index (χ3v) is 5.55.